The monoisotopic (exact) mass is 492 g/mol. The van der Waals surface area contributed by atoms with Crippen molar-refractivity contribution in [3.05, 3.63) is 113 Å². The molecule has 9 heteroatoms. The average Bonchev–Trinajstić information content (AvgIpc) is 2.92. The van der Waals surface area contributed by atoms with Crippen LogP contribution < -0.4 is 10.6 Å². The number of anilines is 3. The van der Waals surface area contributed by atoms with E-state index in [1.807, 2.05) is 0 Å². The van der Waals surface area contributed by atoms with E-state index in [1.54, 1.807) is 67.0 Å². The molecule has 2 N–H and O–H groups in total. The number of fused-ring (bicyclic) bond motifs is 2. The summed E-state index contributed by atoms with van der Waals surface area (Å²) in [7, 11) is 0. The molecule has 9 nitrogen and oxygen atoms in total. The molecule has 37 heavy (non-hydrogen) atoms. The van der Waals surface area contributed by atoms with Crippen LogP contribution in [0.15, 0.2) is 85.2 Å². The van der Waals surface area contributed by atoms with Crippen molar-refractivity contribution >= 4 is 40.8 Å². The van der Waals surface area contributed by atoms with Crippen LogP contribution in [0.3, 0.4) is 0 Å². The highest BCUT2D eigenvalue weighted by atomic mass is 16.5. The van der Waals surface area contributed by atoms with Gasteiger partial charge in [-0.05, 0) is 49.4 Å². The zero-order valence-electron chi connectivity index (χ0n) is 19.6. The molecule has 0 aliphatic heterocycles. The molecule has 0 bridgehead atoms. The van der Waals surface area contributed by atoms with Crippen LogP contribution in [-0.4, -0.2) is 39.5 Å². The summed E-state index contributed by atoms with van der Waals surface area (Å²) in [4.78, 5) is 59.2. The van der Waals surface area contributed by atoms with Crippen molar-refractivity contribution in [1.82, 2.24) is 9.97 Å². The number of nitrogens with one attached hydrogen (secondary N) is 2. The molecule has 0 radical (unpaired) electrons. The third-order valence-corrected chi connectivity index (χ3v) is 5.77. The van der Waals surface area contributed by atoms with E-state index >= 15 is 0 Å². The molecule has 0 saturated heterocycles. The Balaban J connectivity index is 1.26. The lowest BCUT2D eigenvalue weighted by molar-refractivity contribution is -0.123. The standard InChI is InChI=1S/C28H20N4O5/c1-16(37-27(36)17-6-4-7-18(14-17)32-28-29-12-5-13-30-28)26(35)31-19-10-11-22-23(15-19)25(34)21-9-3-2-8-20(21)24(22)33/h2-16H,1H3,(H,31,35)(H,29,30,32)/t16-/m0/s1. The first-order valence-electron chi connectivity index (χ1n) is 11.4. The number of esters is 1. The van der Waals surface area contributed by atoms with E-state index in [0.717, 1.165) is 0 Å². The number of nitrogens with zero attached hydrogens (tertiary/aromatic N) is 2. The molecule has 1 aromatic heterocycles. The van der Waals surface area contributed by atoms with Gasteiger partial charge in [0.1, 0.15) is 0 Å². The number of benzene rings is 3. The Bertz CT molecular complexity index is 1550. The molecule has 4 aromatic rings. The van der Waals surface area contributed by atoms with Gasteiger partial charge >= 0.3 is 5.97 Å². The number of rotatable bonds is 6. The Morgan fingerprint density at radius 3 is 2.16 bits per heavy atom. The second-order valence-electron chi connectivity index (χ2n) is 8.28. The molecule has 1 aliphatic rings. The number of ketones is 2. The SMILES string of the molecule is C[C@H](OC(=O)c1cccc(Nc2ncccn2)c1)C(=O)Nc1ccc2c(c1)C(=O)c1ccccc1C2=O. The molecule has 0 saturated carbocycles. The Morgan fingerprint density at radius 1 is 0.757 bits per heavy atom. The summed E-state index contributed by atoms with van der Waals surface area (Å²) in [5.74, 6) is -1.45. The maximum absolute atomic E-state index is 12.9. The Morgan fingerprint density at radius 2 is 1.43 bits per heavy atom. The topological polar surface area (TPSA) is 127 Å². The van der Waals surface area contributed by atoms with Gasteiger partial charge in [-0.25, -0.2) is 14.8 Å². The molecule has 3 aromatic carbocycles. The van der Waals surface area contributed by atoms with Crippen LogP contribution in [0, 0.1) is 0 Å². The zero-order chi connectivity index (χ0) is 25.9. The highest BCUT2D eigenvalue weighted by molar-refractivity contribution is 6.28. The molecular formula is C28H20N4O5. The van der Waals surface area contributed by atoms with Gasteiger partial charge in [-0.3, -0.25) is 14.4 Å². The van der Waals surface area contributed by atoms with Crippen molar-refractivity contribution in [3.63, 3.8) is 0 Å². The fraction of sp³-hybridized carbons (Fsp3) is 0.0714. The van der Waals surface area contributed by atoms with Gasteiger partial charge in [0.05, 0.1) is 5.56 Å². The van der Waals surface area contributed by atoms with Gasteiger partial charge in [0, 0.05) is 46.0 Å². The summed E-state index contributed by atoms with van der Waals surface area (Å²) in [5, 5.41) is 5.63. The molecule has 0 spiro atoms. The minimum atomic E-state index is -1.13. The van der Waals surface area contributed by atoms with Gasteiger partial charge in [-0.15, -0.1) is 0 Å². The van der Waals surface area contributed by atoms with Crippen molar-refractivity contribution in [2.24, 2.45) is 0 Å². The fourth-order valence-electron chi connectivity index (χ4n) is 3.92. The van der Waals surface area contributed by atoms with Gasteiger partial charge in [-0.2, -0.15) is 0 Å². The lowest BCUT2D eigenvalue weighted by Gasteiger charge is -2.19. The summed E-state index contributed by atoms with van der Waals surface area (Å²) < 4.78 is 5.34. The molecule has 1 amide bonds. The summed E-state index contributed by atoms with van der Waals surface area (Å²) in [5.41, 5.74) is 2.27. The second kappa shape index (κ2) is 9.82. The summed E-state index contributed by atoms with van der Waals surface area (Å²) in [6.45, 7) is 1.44. The molecule has 1 heterocycles. The Kier molecular flexibility index (Phi) is 6.25. The number of aromatic nitrogens is 2. The van der Waals surface area contributed by atoms with Gasteiger partial charge in [-0.1, -0.05) is 30.3 Å². The zero-order valence-corrected chi connectivity index (χ0v) is 19.6. The summed E-state index contributed by atoms with van der Waals surface area (Å²) >= 11 is 0. The van der Waals surface area contributed by atoms with Crippen LogP contribution in [0.1, 0.15) is 49.1 Å². The van der Waals surface area contributed by atoms with E-state index in [-0.39, 0.29) is 28.3 Å². The highest BCUT2D eigenvalue weighted by Gasteiger charge is 2.29. The molecule has 5 rings (SSSR count). The quantitative estimate of drug-likeness (QED) is 0.338. The maximum Gasteiger partial charge on any atom is 0.338 e. The molecular weight excluding hydrogens is 472 g/mol. The first-order valence-corrected chi connectivity index (χ1v) is 11.4. The minimum absolute atomic E-state index is 0.206. The number of carbonyl (C=O) groups is 4. The molecule has 1 atom stereocenters. The van der Waals surface area contributed by atoms with E-state index in [1.165, 1.54) is 25.1 Å². The van der Waals surface area contributed by atoms with Crippen molar-refractivity contribution in [3.8, 4) is 0 Å². The number of carbonyl (C=O) groups excluding carboxylic acids is 4. The number of hydrogen-bond acceptors (Lipinski definition) is 8. The Labute approximate surface area is 211 Å². The lowest BCUT2D eigenvalue weighted by atomic mass is 9.84. The van der Waals surface area contributed by atoms with E-state index in [4.69, 9.17) is 4.74 Å². The van der Waals surface area contributed by atoms with Crippen molar-refractivity contribution in [2.45, 2.75) is 13.0 Å². The lowest BCUT2D eigenvalue weighted by Crippen LogP contribution is -2.30. The van der Waals surface area contributed by atoms with Crippen LogP contribution >= 0.6 is 0 Å². The fourth-order valence-corrected chi connectivity index (χ4v) is 3.92. The van der Waals surface area contributed by atoms with Crippen LogP contribution in [0.4, 0.5) is 17.3 Å². The predicted molar refractivity (Wildman–Crippen MR) is 135 cm³/mol. The highest BCUT2D eigenvalue weighted by Crippen LogP contribution is 2.29. The van der Waals surface area contributed by atoms with Crippen LogP contribution in [0.5, 0.6) is 0 Å². The summed E-state index contributed by atoms with van der Waals surface area (Å²) in [6.07, 6.45) is 2.04. The normalized spacial score (nSPS) is 12.7. The third kappa shape index (κ3) is 4.83. The van der Waals surface area contributed by atoms with Crippen molar-refractivity contribution in [2.75, 3.05) is 10.6 Å². The van der Waals surface area contributed by atoms with Crippen LogP contribution in [0.25, 0.3) is 0 Å². The van der Waals surface area contributed by atoms with Gasteiger partial charge < -0.3 is 15.4 Å². The van der Waals surface area contributed by atoms with E-state index < -0.39 is 18.0 Å². The van der Waals surface area contributed by atoms with Crippen molar-refractivity contribution in [1.29, 1.82) is 0 Å². The minimum Gasteiger partial charge on any atom is -0.449 e. The number of hydrogen-bond donors (Lipinski definition) is 2. The van der Waals surface area contributed by atoms with Crippen LogP contribution in [0.2, 0.25) is 0 Å². The van der Waals surface area contributed by atoms with E-state index in [0.29, 0.717) is 28.5 Å². The maximum atomic E-state index is 12.9. The molecule has 1 aliphatic carbocycles. The molecule has 182 valence electrons. The van der Waals surface area contributed by atoms with Crippen LogP contribution in [-0.2, 0) is 9.53 Å². The Hall–Kier alpha value is -5.18. The van der Waals surface area contributed by atoms with Crippen molar-refractivity contribution < 1.29 is 23.9 Å². The predicted octanol–water partition coefficient (Wildman–Crippen LogP) is 4.18. The number of ether oxygens (including phenoxy) is 1. The smallest absolute Gasteiger partial charge is 0.338 e. The number of amides is 1. The van der Waals surface area contributed by atoms with Gasteiger partial charge in [0.15, 0.2) is 17.7 Å². The van der Waals surface area contributed by atoms with Gasteiger partial charge in [0.2, 0.25) is 5.95 Å². The second-order valence-corrected chi connectivity index (χ2v) is 8.28. The molecule has 0 fully saturated rings. The average molecular weight is 492 g/mol. The summed E-state index contributed by atoms with van der Waals surface area (Å²) in [6, 6.07) is 19.3. The first kappa shape index (κ1) is 23.6. The van der Waals surface area contributed by atoms with Gasteiger partial charge in [0.25, 0.3) is 5.91 Å². The largest absolute Gasteiger partial charge is 0.449 e. The third-order valence-electron chi connectivity index (χ3n) is 5.77. The molecule has 0 unspecified atom stereocenters. The van der Waals surface area contributed by atoms with E-state index in [2.05, 4.69) is 20.6 Å². The van der Waals surface area contributed by atoms with E-state index in [9.17, 15) is 19.2 Å². The first-order chi connectivity index (χ1) is 17.9.